The molecule has 12 heavy (non-hydrogen) atoms. The van der Waals surface area contributed by atoms with Gasteiger partial charge in [-0.25, -0.2) is 0 Å². The van der Waals surface area contributed by atoms with Crippen molar-refractivity contribution in [1.82, 2.24) is 4.98 Å². The highest BCUT2D eigenvalue weighted by atomic mass is 19.4. The van der Waals surface area contributed by atoms with Gasteiger partial charge in [-0.05, 0) is 6.07 Å². The van der Waals surface area contributed by atoms with Crippen LogP contribution in [-0.4, -0.2) is 10.1 Å². The minimum absolute atomic E-state index is 0.522. The van der Waals surface area contributed by atoms with E-state index in [1.807, 2.05) is 0 Å². The van der Waals surface area contributed by atoms with Crippen LogP contribution in [0.3, 0.4) is 0 Å². The van der Waals surface area contributed by atoms with Crippen LogP contribution in [0.2, 0.25) is 0 Å². The number of rotatable bonds is 0. The Kier molecular flexibility index (Phi) is 1.83. The molecule has 0 atom stereocenters. The average Bonchev–Trinajstić information content (AvgIpc) is 1.83. The minimum atomic E-state index is -4.64. The molecule has 0 spiro atoms. The molecular formula is C6H4F3NO2. The van der Waals surface area contributed by atoms with Crippen molar-refractivity contribution in [1.29, 1.82) is 0 Å². The van der Waals surface area contributed by atoms with E-state index in [-0.39, 0.29) is 0 Å². The molecule has 0 aliphatic heterocycles. The Morgan fingerprint density at radius 1 is 1.33 bits per heavy atom. The Morgan fingerprint density at radius 2 is 1.92 bits per heavy atom. The Balaban J connectivity index is 3.28. The summed E-state index contributed by atoms with van der Waals surface area (Å²) >= 11 is 0. The molecule has 1 aromatic heterocycles. The quantitative estimate of drug-likeness (QED) is 0.626. The second-order valence-electron chi connectivity index (χ2n) is 2.08. The van der Waals surface area contributed by atoms with Crippen molar-refractivity contribution >= 4 is 0 Å². The number of aromatic nitrogens is 1. The monoisotopic (exact) mass is 179 g/mol. The maximum absolute atomic E-state index is 11.9. The highest BCUT2D eigenvalue weighted by Gasteiger charge is 2.34. The van der Waals surface area contributed by atoms with Crippen LogP contribution in [0, 0.1) is 0 Å². The first-order chi connectivity index (χ1) is 5.41. The summed E-state index contributed by atoms with van der Waals surface area (Å²) in [6.07, 6.45) is -4.64. The molecule has 1 heterocycles. The summed E-state index contributed by atoms with van der Waals surface area (Å²) in [5.41, 5.74) is -2.03. The predicted molar refractivity (Wildman–Crippen MR) is 33.7 cm³/mol. The first kappa shape index (κ1) is 8.63. The standard InChI is InChI=1S/C6H4F3NO2/c7-6(8,9)3-1-2-4(11)10-5(3)12/h1-2H,(H2,10,11,12). The van der Waals surface area contributed by atoms with E-state index in [1.54, 1.807) is 4.98 Å². The second-order valence-corrected chi connectivity index (χ2v) is 2.08. The lowest BCUT2D eigenvalue weighted by atomic mass is 10.2. The molecular weight excluding hydrogens is 175 g/mol. The topological polar surface area (TPSA) is 53.1 Å². The predicted octanol–water partition coefficient (Wildman–Crippen LogP) is 1.10. The van der Waals surface area contributed by atoms with Crippen LogP contribution in [0.4, 0.5) is 13.2 Å². The zero-order chi connectivity index (χ0) is 9.35. The summed E-state index contributed by atoms with van der Waals surface area (Å²) in [5, 5.41) is 8.65. The number of pyridine rings is 1. The van der Waals surface area contributed by atoms with E-state index < -0.39 is 23.2 Å². The van der Waals surface area contributed by atoms with E-state index in [0.29, 0.717) is 12.1 Å². The van der Waals surface area contributed by atoms with Gasteiger partial charge in [-0.15, -0.1) is 0 Å². The van der Waals surface area contributed by atoms with Gasteiger partial charge in [0.05, 0.1) is 0 Å². The van der Waals surface area contributed by atoms with E-state index in [0.717, 1.165) is 0 Å². The van der Waals surface area contributed by atoms with E-state index in [1.165, 1.54) is 0 Å². The maximum Gasteiger partial charge on any atom is 0.421 e. The third-order valence-corrected chi connectivity index (χ3v) is 1.20. The molecule has 2 N–H and O–H groups in total. The van der Waals surface area contributed by atoms with Crippen molar-refractivity contribution in [3.05, 3.63) is 28.0 Å². The Hall–Kier alpha value is -1.46. The molecule has 0 aromatic carbocycles. The van der Waals surface area contributed by atoms with Gasteiger partial charge < -0.3 is 5.11 Å². The molecule has 3 nitrogen and oxygen atoms in total. The molecule has 0 saturated carbocycles. The summed E-state index contributed by atoms with van der Waals surface area (Å²) in [5.74, 6) is -1.16. The summed E-state index contributed by atoms with van der Waals surface area (Å²) in [6, 6.07) is 1.22. The molecule has 0 saturated heterocycles. The third kappa shape index (κ3) is 1.58. The molecule has 0 unspecified atom stereocenters. The zero-order valence-corrected chi connectivity index (χ0v) is 5.64. The summed E-state index contributed by atoms with van der Waals surface area (Å²) in [4.78, 5) is 12.0. The van der Waals surface area contributed by atoms with E-state index >= 15 is 0 Å². The van der Waals surface area contributed by atoms with Crippen LogP contribution in [0.1, 0.15) is 5.56 Å². The molecule has 0 amide bonds. The first-order valence-electron chi connectivity index (χ1n) is 2.91. The minimum Gasteiger partial charge on any atom is -0.494 e. The molecule has 1 aromatic rings. The second kappa shape index (κ2) is 2.54. The molecule has 0 bridgehead atoms. The first-order valence-corrected chi connectivity index (χ1v) is 2.91. The molecule has 66 valence electrons. The number of halogens is 3. The van der Waals surface area contributed by atoms with Crippen molar-refractivity contribution < 1.29 is 18.3 Å². The molecule has 0 fully saturated rings. The molecule has 1 rings (SSSR count). The highest BCUT2D eigenvalue weighted by Crippen LogP contribution is 2.32. The van der Waals surface area contributed by atoms with E-state index in [9.17, 15) is 18.0 Å². The Morgan fingerprint density at radius 3 is 2.33 bits per heavy atom. The van der Waals surface area contributed by atoms with Gasteiger partial charge in [-0.3, -0.25) is 9.78 Å². The fourth-order valence-corrected chi connectivity index (χ4v) is 0.692. The van der Waals surface area contributed by atoms with Crippen LogP contribution in [0.5, 0.6) is 5.88 Å². The lowest BCUT2D eigenvalue weighted by molar-refractivity contribution is -0.139. The zero-order valence-electron chi connectivity index (χ0n) is 5.64. The third-order valence-electron chi connectivity index (χ3n) is 1.20. The van der Waals surface area contributed by atoms with Gasteiger partial charge in [0.2, 0.25) is 5.88 Å². The van der Waals surface area contributed by atoms with Crippen LogP contribution in [0.15, 0.2) is 16.9 Å². The van der Waals surface area contributed by atoms with Crippen LogP contribution in [-0.2, 0) is 6.18 Å². The van der Waals surface area contributed by atoms with Gasteiger partial charge in [0.15, 0.2) is 0 Å². The fraction of sp³-hybridized carbons (Fsp3) is 0.167. The van der Waals surface area contributed by atoms with Gasteiger partial charge in [-0.2, -0.15) is 13.2 Å². The highest BCUT2D eigenvalue weighted by molar-refractivity contribution is 5.26. The maximum atomic E-state index is 11.9. The van der Waals surface area contributed by atoms with Crippen molar-refractivity contribution in [2.24, 2.45) is 0 Å². The summed E-state index contributed by atoms with van der Waals surface area (Å²) in [7, 11) is 0. The van der Waals surface area contributed by atoms with Gasteiger partial charge >= 0.3 is 6.18 Å². The number of hydrogen-bond acceptors (Lipinski definition) is 2. The van der Waals surface area contributed by atoms with Crippen molar-refractivity contribution in [3.8, 4) is 5.88 Å². The normalized spacial score (nSPS) is 11.6. The number of aromatic amines is 1. The molecule has 0 aliphatic carbocycles. The SMILES string of the molecule is O=c1ccc(C(F)(F)F)c(O)[nH]1. The van der Waals surface area contributed by atoms with E-state index in [4.69, 9.17) is 5.11 Å². The van der Waals surface area contributed by atoms with Crippen molar-refractivity contribution in [3.63, 3.8) is 0 Å². The average molecular weight is 179 g/mol. The van der Waals surface area contributed by atoms with Crippen LogP contribution < -0.4 is 5.56 Å². The number of nitrogens with one attached hydrogen (secondary N) is 1. The molecule has 0 radical (unpaired) electrons. The van der Waals surface area contributed by atoms with Crippen molar-refractivity contribution in [2.45, 2.75) is 6.18 Å². The Bertz CT molecular complexity index is 341. The van der Waals surface area contributed by atoms with E-state index in [2.05, 4.69) is 0 Å². The van der Waals surface area contributed by atoms with Gasteiger partial charge in [0.1, 0.15) is 5.56 Å². The Labute approximate surface area is 64.5 Å². The summed E-state index contributed by atoms with van der Waals surface area (Å²) < 4.78 is 35.7. The number of aromatic hydroxyl groups is 1. The number of H-pyrrole nitrogens is 1. The number of hydrogen-bond donors (Lipinski definition) is 2. The largest absolute Gasteiger partial charge is 0.494 e. The molecule has 6 heteroatoms. The van der Waals surface area contributed by atoms with Crippen LogP contribution >= 0.6 is 0 Å². The lowest BCUT2D eigenvalue weighted by Crippen LogP contribution is -2.11. The van der Waals surface area contributed by atoms with Crippen LogP contribution in [0.25, 0.3) is 0 Å². The van der Waals surface area contributed by atoms with Gasteiger partial charge in [0, 0.05) is 6.07 Å². The fourth-order valence-electron chi connectivity index (χ4n) is 0.692. The van der Waals surface area contributed by atoms with Gasteiger partial charge in [-0.1, -0.05) is 0 Å². The summed E-state index contributed by atoms with van der Waals surface area (Å²) in [6.45, 7) is 0. The van der Waals surface area contributed by atoms with Gasteiger partial charge in [0.25, 0.3) is 5.56 Å². The lowest BCUT2D eigenvalue weighted by Gasteiger charge is -2.06. The molecule has 0 aliphatic rings. The van der Waals surface area contributed by atoms with Crippen molar-refractivity contribution in [2.75, 3.05) is 0 Å². The smallest absolute Gasteiger partial charge is 0.421 e. The number of alkyl halides is 3.